The van der Waals surface area contributed by atoms with Gasteiger partial charge >= 0.3 is 0 Å². The van der Waals surface area contributed by atoms with Crippen molar-refractivity contribution >= 4 is 42.0 Å². The number of nitrogens with one attached hydrogen (secondary N) is 1. The van der Waals surface area contributed by atoms with E-state index in [-0.39, 0.29) is 21.0 Å². The minimum Gasteiger partial charge on any atom is -0.330 e. The first kappa shape index (κ1) is 4.52. The second-order valence-corrected chi connectivity index (χ2v) is 2.75. The van der Waals surface area contributed by atoms with Gasteiger partial charge in [0.25, 0.3) is 0 Å². The molecule has 1 aliphatic heterocycles. The first-order valence-corrected chi connectivity index (χ1v) is 3.93. The van der Waals surface area contributed by atoms with Gasteiger partial charge in [0.15, 0.2) is 0 Å². The molecule has 0 radical (unpaired) electrons. The highest BCUT2D eigenvalue weighted by Crippen LogP contribution is 2.02. The van der Waals surface area contributed by atoms with Gasteiger partial charge < -0.3 is 5.32 Å². The van der Waals surface area contributed by atoms with Crippen LogP contribution in [0.3, 0.4) is 0 Å². The normalized spacial score (nSPS) is 18.5. The average molecular weight is 216 g/mol. The maximum atomic E-state index is 5.35. The molecule has 1 N–H and O–H groups in total. The van der Waals surface area contributed by atoms with Crippen molar-refractivity contribution in [2.45, 2.75) is 0 Å². The summed E-state index contributed by atoms with van der Waals surface area (Å²) < 4.78 is 5.77. The fraction of sp³-hybridized carbons (Fsp3) is 0. The summed E-state index contributed by atoms with van der Waals surface area (Å²) in [6.07, 6.45) is 0. The van der Waals surface area contributed by atoms with Crippen LogP contribution in [0.5, 0.6) is 0 Å². The molecule has 1 rings (SSSR count). The van der Waals surface area contributed by atoms with Crippen LogP contribution in [0.1, 0.15) is 0 Å². The zero-order chi connectivity index (χ0) is 4.41. The Bertz CT molecular complexity index is 108. The molecule has 0 aliphatic carbocycles. The summed E-state index contributed by atoms with van der Waals surface area (Å²) >= 11 is 5.27. The monoisotopic (exact) mass is 216 g/mol. The van der Waals surface area contributed by atoms with E-state index in [0.29, 0.717) is 5.29 Å². The largest absolute Gasteiger partial charge is 0.330 e. The lowest BCUT2D eigenvalue weighted by Crippen LogP contribution is -2.09. The maximum absolute atomic E-state index is 5.35. The van der Waals surface area contributed by atoms with Crippen LogP contribution >= 0.6 is 32.6 Å². The van der Waals surface area contributed by atoms with E-state index >= 15 is 0 Å². The van der Waals surface area contributed by atoms with Crippen LogP contribution in [0.4, 0.5) is 0 Å². The van der Waals surface area contributed by atoms with Gasteiger partial charge in [-0.25, -0.2) is 0 Å². The lowest BCUT2D eigenvalue weighted by Gasteiger charge is -1.78. The van der Waals surface area contributed by atoms with Gasteiger partial charge in [-0.2, -0.15) is 3.21 Å². The number of halogens is 2. The molecule has 6 heavy (non-hydrogen) atoms. The zero-order valence-corrected chi connectivity index (χ0v) is 5.69. The van der Waals surface area contributed by atoms with E-state index in [2.05, 4.69) is 8.52 Å². The summed E-state index contributed by atoms with van der Waals surface area (Å²) in [6.45, 7) is 0. The SMILES string of the molecule is ClC1=NI=CN1. The quantitative estimate of drug-likeness (QED) is 0.471. The third-order valence-electron chi connectivity index (χ3n) is 0.345. The Balaban J connectivity index is 2.61. The molecule has 0 fully saturated rings. The lowest BCUT2D eigenvalue weighted by atomic mass is 11.2. The number of hydrogen-bond donors (Lipinski definition) is 1. The molecular weight excluding hydrogens is 214 g/mol. The Morgan fingerprint density at radius 3 is 3.00 bits per heavy atom. The number of rotatable bonds is 0. The summed E-state index contributed by atoms with van der Waals surface area (Å²) in [5, 5.41) is 3.30. The molecule has 1 heterocycles. The standard InChI is InChI=1S/C2H2ClIN2/c3-2-5-1-4-6-2/h1H,(H,5,6). The van der Waals surface area contributed by atoms with Crippen molar-refractivity contribution in [2.75, 3.05) is 0 Å². The minimum absolute atomic E-state index is 0.0781. The van der Waals surface area contributed by atoms with E-state index in [1.807, 2.05) is 4.14 Å². The summed E-state index contributed by atoms with van der Waals surface area (Å²) in [5.74, 6) is 0. The van der Waals surface area contributed by atoms with Crippen molar-refractivity contribution in [3.63, 3.8) is 0 Å². The fourth-order valence-electron chi connectivity index (χ4n) is 0.161. The van der Waals surface area contributed by atoms with Crippen LogP contribution < -0.4 is 5.32 Å². The van der Waals surface area contributed by atoms with E-state index in [1.165, 1.54) is 0 Å². The van der Waals surface area contributed by atoms with Crippen LogP contribution in [0.2, 0.25) is 0 Å². The van der Waals surface area contributed by atoms with Crippen molar-refractivity contribution in [3.8, 4) is 0 Å². The molecule has 0 aromatic heterocycles. The van der Waals surface area contributed by atoms with Crippen molar-refractivity contribution < 1.29 is 0 Å². The molecule has 0 unspecified atom stereocenters. The Morgan fingerprint density at radius 2 is 2.83 bits per heavy atom. The number of nitrogens with zero attached hydrogens (tertiary/aromatic N) is 1. The predicted octanol–water partition coefficient (Wildman–Crippen LogP) is 0.830. The highest BCUT2D eigenvalue weighted by Gasteiger charge is 1.89. The molecule has 0 atom stereocenters. The Labute approximate surface area is 50.7 Å². The van der Waals surface area contributed by atoms with Crippen LogP contribution in [0.25, 0.3) is 0 Å². The van der Waals surface area contributed by atoms with Crippen LogP contribution in [0.15, 0.2) is 3.21 Å². The first-order chi connectivity index (χ1) is 2.89. The second kappa shape index (κ2) is 1.88. The van der Waals surface area contributed by atoms with Crippen molar-refractivity contribution in [1.29, 1.82) is 0 Å². The smallest absolute Gasteiger partial charge is 0.205 e. The third kappa shape index (κ3) is 0.909. The van der Waals surface area contributed by atoms with Crippen LogP contribution in [-0.2, 0) is 0 Å². The molecule has 4 heteroatoms. The first-order valence-electron chi connectivity index (χ1n) is 1.34. The van der Waals surface area contributed by atoms with E-state index in [0.717, 1.165) is 0 Å². The third-order valence-corrected chi connectivity index (χ3v) is 2.18. The highest BCUT2D eigenvalue weighted by molar-refractivity contribution is 14.2. The molecule has 0 aromatic rings. The second-order valence-electron chi connectivity index (χ2n) is 0.726. The summed E-state index contributed by atoms with van der Waals surface area (Å²) in [4.78, 5) is 0. The van der Waals surface area contributed by atoms with Crippen LogP contribution in [-0.4, -0.2) is 9.43 Å². The fourth-order valence-corrected chi connectivity index (χ4v) is 1.60. The molecule has 0 aromatic carbocycles. The molecule has 2 nitrogen and oxygen atoms in total. The van der Waals surface area contributed by atoms with Gasteiger partial charge in [0.2, 0.25) is 5.29 Å². The summed E-state index contributed by atoms with van der Waals surface area (Å²) in [6, 6.07) is 0. The Morgan fingerprint density at radius 1 is 2.00 bits per heavy atom. The van der Waals surface area contributed by atoms with Crippen molar-refractivity contribution in [1.82, 2.24) is 5.32 Å². The molecule has 34 valence electrons. The van der Waals surface area contributed by atoms with E-state index in [9.17, 15) is 0 Å². The molecule has 0 bridgehead atoms. The highest BCUT2D eigenvalue weighted by atomic mass is 127. The molecule has 0 saturated carbocycles. The maximum Gasteiger partial charge on any atom is 0.205 e. The van der Waals surface area contributed by atoms with Gasteiger partial charge in [-0.3, -0.25) is 0 Å². The molecule has 0 amide bonds. The molecule has 0 spiro atoms. The lowest BCUT2D eigenvalue weighted by molar-refractivity contribution is 1.52. The zero-order valence-electron chi connectivity index (χ0n) is 2.78. The van der Waals surface area contributed by atoms with Crippen LogP contribution in [0, 0.1) is 0 Å². The van der Waals surface area contributed by atoms with Crippen molar-refractivity contribution in [2.24, 2.45) is 3.21 Å². The summed E-state index contributed by atoms with van der Waals surface area (Å²) in [7, 11) is 0. The van der Waals surface area contributed by atoms with E-state index < -0.39 is 0 Å². The van der Waals surface area contributed by atoms with Gasteiger partial charge in [0.1, 0.15) is 0 Å². The van der Waals surface area contributed by atoms with Gasteiger partial charge in [0.05, 0.1) is 4.14 Å². The number of hydrogen-bond acceptors (Lipinski definition) is 2. The molecule has 1 aliphatic rings. The number of amidine groups is 1. The van der Waals surface area contributed by atoms with Crippen molar-refractivity contribution in [3.05, 3.63) is 0 Å². The van der Waals surface area contributed by atoms with Gasteiger partial charge in [-0.1, -0.05) is 0 Å². The minimum atomic E-state index is -0.0781. The van der Waals surface area contributed by atoms with Gasteiger partial charge in [-0.15, -0.1) is 0 Å². The summed E-state index contributed by atoms with van der Waals surface area (Å²) in [5.41, 5.74) is 0. The van der Waals surface area contributed by atoms with E-state index in [1.54, 1.807) is 0 Å². The molecular formula is C2H2ClIN2. The van der Waals surface area contributed by atoms with Gasteiger partial charge in [0, 0.05) is 21.0 Å². The average Bonchev–Trinajstić information content (AvgIpc) is 1.86. The predicted molar refractivity (Wildman–Crippen MR) is 36.5 cm³/mol. The molecule has 0 saturated heterocycles. The van der Waals surface area contributed by atoms with Gasteiger partial charge in [-0.05, 0) is 11.6 Å². The Hall–Kier alpha value is 0.360. The topological polar surface area (TPSA) is 24.4 Å². The Kier molecular flexibility index (Phi) is 1.42. The van der Waals surface area contributed by atoms with E-state index in [4.69, 9.17) is 11.6 Å².